The number of rotatable bonds is 3. The van der Waals surface area contributed by atoms with Crippen LogP contribution in [0.3, 0.4) is 0 Å². The molecule has 0 saturated heterocycles. The zero-order valence-corrected chi connectivity index (χ0v) is 10.1. The van der Waals surface area contributed by atoms with E-state index in [1.54, 1.807) is 7.05 Å². The van der Waals surface area contributed by atoms with E-state index in [-0.39, 0.29) is 0 Å². The average molecular weight is 233 g/mol. The number of carboxylic acid groups (broad SMARTS) is 1. The Hall–Kier alpha value is -1.35. The second-order valence-electron chi connectivity index (χ2n) is 4.82. The molecular weight excluding hydrogens is 214 g/mol. The lowest BCUT2D eigenvalue weighted by Gasteiger charge is -2.36. The van der Waals surface area contributed by atoms with Gasteiger partial charge in [0.25, 0.3) is 0 Å². The SMILES string of the molecule is CNC1(C(=O)O)CCC(c2ccccc2)CC1. The fraction of sp³-hybridized carbons (Fsp3) is 0.500. The van der Waals surface area contributed by atoms with Crippen LogP contribution in [0.1, 0.15) is 37.2 Å². The summed E-state index contributed by atoms with van der Waals surface area (Å²) in [4.78, 5) is 11.3. The number of hydrogen-bond acceptors (Lipinski definition) is 2. The molecule has 1 fully saturated rings. The van der Waals surface area contributed by atoms with Crippen LogP contribution in [-0.2, 0) is 4.79 Å². The zero-order valence-electron chi connectivity index (χ0n) is 10.1. The van der Waals surface area contributed by atoms with Crippen LogP contribution in [0.25, 0.3) is 0 Å². The lowest BCUT2D eigenvalue weighted by molar-refractivity contribution is -0.146. The molecule has 0 aliphatic heterocycles. The second-order valence-corrected chi connectivity index (χ2v) is 4.82. The predicted octanol–water partition coefficient (Wildman–Crippen LogP) is 2.39. The number of likely N-dealkylation sites (N-methyl/N-ethyl adjacent to an activating group) is 1. The molecule has 1 aliphatic carbocycles. The summed E-state index contributed by atoms with van der Waals surface area (Å²) in [5.74, 6) is -0.205. The highest BCUT2D eigenvalue weighted by atomic mass is 16.4. The monoisotopic (exact) mass is 233 g/mol. The number of aliphatic carboxylic acids is 1. The van der Waals surface area contributed by atoms with Crippen LogP contribution in [0, 0.1) is 0 Å². The van der Waals surface area contributed by atoms with Crippen molar-refractivity contribution in [1.82, 2.24) is 5.32 Å². The maximum Gasteiger partial charge on any atom is 0.323 e. The Morgan fingerprint density at radius 2 is 1.88 bits per heavy atom. The molecule has 0 atom stereocenters. The highest BCUT2D eigenvalue weighted by Gasteiger charge is 2.40. The molecule has 2 rings (SSSR count). The molecule has 1 aromatic rings. The molecule has 1 aromatic carbocycles. The van der Waals surface area contributed by atoms with E-state index < -0.39 is 11.5 Å². The van der Waals surface area contributed by atoms with E-state index in [0.717, 1.165) is 12.8 Å². The van der Waals surface area contributed by atoms with E-state index in [2.05, 4.69) is 17.4 Å². The molecule has 0 radical (unpaired) electrons. The van der Waals surface area contributed by atoms with Crippen molar-refractivity contribution in [2.24, 2.45) is 0 Å². The fourth-order valence-electron chi connectivity index (χ4n) is 2.74. The molecule has 0 aromatic heterocycles. The Kier molecular flexibility index (Phi) is 3.48. The molecule has 2 N–H and O–H groups in total. The minimum absolute atomic E-state index is 0.511. The first kappa shape index (κ1) is 12.1. The summed E-state index contributed by atoms with van der Waals surface area (Å²) in [5.41, 5.74) is 0.633. The van der Waals surface area contributed by atoms with Gasteiger partial charge in [-0.05, 0) is 44.2 Å². The molecule has 0 heterocycles. The Morgan fingerprint density at radius 3 is 2.35 bits per heavy atom. The molecule has 92 valence electrons. The highest BCUT2D eigenvalue weighted by molar-refractivity contribution is 5.78. The van der Waals surface area contributed by atoms with Gasteiger partial charge in [0.15, 0.2) is 0 Å². The van der Waals surface area contributed by atoms with Crippen molar-refractivity contribution in [3.63, 3.8) is 0 Å². The molecule has 0 amide bonds. The van der Waals surface area contributed by atoms with E-state index in [1.807, 2.05) is 18.2 Å². The first-order valence-corrected chi connectivity index (χ1v) is 6.15. The zero-order chi connectivity index (χ0) is 12.3. The van der Waals surface area contributed by atoms with E-state index in [0.29, 0.717) is 18.8 Å². The molecule has 0 bridgehead atoms. The maximum absolute atomic E-state index is 11.3. The van der Waals surface area contributed by atoms with Crippen molar-refractivity contribution >= 4 is 5.97 Å². The van der Waals surface area contributed by atoms with Crippen LogP contribution in [0.2, 0.25) is 0 Å². The van der Waals surface area contributed by atoms with Gasteiger partial charge in [0.05, 0.1) is 0 Å². The molecular formula is C14H19NO2. The smallest absolute Gasteiger partial charge is 0.323 e. The second kappa shape index (κ2) is 4.88. The van der Waals surface area contributed by atoms with Crippen molar-refractivity contribution in [1.29, 1.82) is 0 Å². The van der Waals surface area contributed by atoms with Crippen molar-refractivity contribution < 1.29 is 9.90 Å². The number of benzene rings is 1. The van der Waals surface area contributed by atoms with Crippen molar-refractivity contribution in [3.05, 3.63) is 35.9 Å². The third-order valence-electron chi connectivity index (χ3n) is 4.00. The third kappa shape index (κ3) is 2.34. The van der Waals surface area contributed by atoms with E-state index in [1.165, 1.54) is 5.56 Å². The van der Waals surface area contributed by atoms with Gasteiger partial charge in [0.1, 0.15) is 5.54 Å². The van der Waals surface area contributed by atoms with Crippen molar-refractivity contribution in [2.45, 2.75) is 37.1 Å². The normalized spacial score (nSPS) is 28.9. The number of nitrogens with one attached hydrogen (secondary N) is 1. The van der Waals surface area contributed by atoms with Crippen LogP contribution in [0.4, 0.5) is 0 Å². The average Bonchev–Trinajstić information content (AvgIpc) is 2.39. The number of carbonyl (C=O) groups is 1. The molecule has 3 nitrogen and oxygen atoms in total. The first-order chi connectivity index (χ1) is 8.18. The van der Waals surface area contributed by atoms with Crippen molar-refractivity contribution in [2.75, 3.05) is 7.05 Å². The van der Waals surface area contributed by atoms with Crippen LogP contribution >= 0.6 is 0 Å². The number of carboxylic acids is 1. The van der Waals surface area contributed by atoms with Crippen LogP contribution < -0.4 is 5.32 Å². The molecule has 0 spiro atoms. The maximum atomic E-state index is 11.3. The Bertz CT molecular complexity index is 380. The molecule has 1 saturated carbocycles. The Balaban J connectivity index is 2.05. The first-order valence-electron chi connectivity index (χ1n) is 6.15. The molecule has 1 aliphatic rings. The van der Waals surface area contributed by atoms with Gasteiger partial charge in [-0.2, -0.15) is 0 Å². The summed E-state index contributed by atoms with van der Waals surface area (Å²) >= 11 is 0. The Morgan fingerprint density at radius 1 is 1.29 bits per heavy atom. The third-order valence-corrected chi connectivity index (χ3v) is 4.00. The van der Waals surface area contributed by atoms with Gasteiger partial charge in [-0.25, -0.2) is 0 Å². The summed E-state index contributed by atoms with van der Waals surface area (Å²) in [6.45, 7) is 0. The Labute approximate surface area is 102 Å². The molecule has 17 heavy (non-hydrogen) atoms. The summed E-state index contributed by atoms with van der Waals surface area (Å²) in [7, 11) is 1.75. The molecule has 0 unspecified atom stereocenters. The van der Waals surface area contributed by atoms with Crippen LogP contribution in [0.15, 0.2) is 30.3 Å². The predicted molar refractivity (Wildman–Crippen MR) is 67.1 cm³/mol. The van der Waals surface area contributed by atoms with E-state index in [4.69, 9.17) is 0 Å². The quantitative estimate of drug-likeness (QED) is 0.842. The van der Waals surface area contributed by atoms with Crippen molar-refractivity contribution in [3.8, 4) is 0 Å². The lowest BCUT2D eigenvalue weighted by atomic mass is 9.74. The van der Waals surface area contributed by atoms with E-state index >= 15 is 0 Å². The van der Waals surface area contributed by atoms with Gasteiger partial charge in [-0.15, -0.1) is 0 Å². The van der Waals surface area contributed by atoms with Gasteiger partial charge in [-0.1, -0.05) is 30.3 Å². The minimum atomic E-state index is -0.716. The van der Waals surface area contributed by atoms with Crippen LogP contribution in [-0.4, -0.2) is 23.7 Å². The summed E-state index contributed by atoms with van der Waals surface area (Å²) in [6.07, 6.45) is 3.30. The summed E-state index contributed by atoms with van der Waals surface area (Å²) in [6, 6.07) is 10.4. The standard InChI is InChI=1S/C14H19NO2/c1-15-14(13(16)17)9-7-12(8-10-14)11-5-3-2-4-6-11/h2-6,12,15H,7-10H2,1H3,(H,16,17). The number of hydrogen-bond donors (Lipinski definition) is 2. The minimum Gasteiger partial charge on any atom is -0.480 e. The largest absolute Gasteiger partial charge is 0.480 e. The fourth-order valence-corrected chi connectivity index (χ4v) is 2.74. The summed E-state index contributed by atoms with van der Waals surface area (Å²) < 4.78 is 0. The van der Waals surface area contributed by atoms with E-state index in [9.17, 15) is 9.90 Å². The van der Waals surface area contributed by atoms with Gasteiger partial charge in [-0.3, -0.25) is 4.79 Å². The highest BCUT2D eigenvalue weighted by Crippen LogP contribution is 2.37. The van der Waals surface area contributed by atoms with Gasteiger partial charge >= 0.3 is 5.97 Å². The summed E-state index contributed by atoms with van der Waals surface area (Å²) in [5, 5.41) is 12.3. The topological polar surface area (TPSA) is 49.3 Å². The molecule has 3 heteroatoms. The van der Waals surface area contributed by atoms with Gasteiger partial charge in [0, 0.05) is 0 Å². The van der Waals surface area contributed by atoms with Gasteiger partial charge in [0.2, 0.25) is 0 Å². The van der Waals surface area contributed by atoms with Crippen LogP contribution in [0.5, 0.6) is 0 Å². The van der Waals surface area contributed by atoms with Gasteiger partial charge < -0.3 is 10.4 Å². The lowest BCUT2D eigenvalue weighted by Crippen LogP contribution is -2.52.